The van der Waals surface area contributed by atoms with Gasteiger partial charge in [-0.25, -0.2) is 0 Å². The Kier molecular flexibility index (Phi) is 2.86. The first-order valence-corrected chi connectivity index (χ1v) is 7.30. The number of carbonyl (C=O) groups is 1. The molecule has 1 aromatic carbocycles. The monoisotopic (exact) mass is 274 g/mol. The van der Waals surface area contributed by atoms with Crippen LogP contribution >= 0.6 is 11.6 Å². The van der Waals surface area contributed by atoms with Crippen LogP contribution in [0.25, 0.3) is 6.08 Å². The van der Waals surface area contributed by atoms with E-state index in [1.807, 2.05) is 24.3 Å². The normalized spacial score (nSPS) is 34.2. The molecule has 0 spiro atoms. The number of benzene rings is 1. The van der Waals surface area contributed by atoms with Gasteiger partial charge in [0.25, 0.3) is 0 Å². The second-order valence-electron chi connectivity index (χ2n) is 6.52. The van der Waals surface area contributed by atoms with Crippen molar-refractivity contribution in [2.24, 2.45) is 23.2 Å². The third-order valence-corrected chi connectivity index (χ3v) is 5.46. The molecular weight excluding hydrogens is 256 g/mol. The molecule has 100 valence electrons. The van der Waals surface area contributed by atoms with E-state index in [0.717, 1.165) is 16.2 Å². The van der Waals surface area contributed by atoms with Gasteiger partial charge in [0.2, 0.25) is 0 Å². The van der Waals surface area contributed by atoms with Gasteiger partial charge in [-0.1, -0.05) is 44.5 Å². The van der Waals surface area contributed by atoms with E-state index in [0.29, 0.717) is 17.6 Å². The van der Waals surface area contributed by atoms with Crippen molar-refractivity contribution in [3.63, 3.8) is 0 Å². The lowest BCUT2D eigenvalue weighted by Gasteiger charge is -2.59. The van der Waals surface area contributed by atoms with Gasteiger partial charge in [0.1, 0.15) is 0 Å². The highest BCUT2D eigenvalue weighted by Gasteiger charge is 2.58. The lowest BCUT2D eigenvalue weighted by Crippen LogP contribution is -2.56. The molecule has 3 fully saturated rings. The summed E-state index contributed by atoms with van der Waals surface area (Å²) in [5.74, 6) is 1.50. The fourth-order valence-electron chi connectivity index (χ4n) is 3.86. The average Bonchev–Trinajstić information content (AvgIpc) is 2.36. The largest absolute Gasteiger partial charge is 0.294 e. The van der Waals surface area contributed by atoms with Crippen LogP contribution in [0.4, 0.5) is 0 Å². The molecule has 0 aromatic heterocycles. The molecule has 0 radical (unpaired) electrons. The minimum Gasteiger partial charge on any atom is -0.294 e. The maximum atomic E-state index is 12.4. The third kappa shape index (κ3) is 1.87. The van der Waals surface area contributed by atoms with E-state index in [4.69, 9.17) is 11.6 Å². The van der Waals surface area contributed by atoms with Gasteiger partial charge in [0, 0.05) is 10.9 Å². The van der Waals surface area contributed by atoms with E-state index in [9.17, 15) is 4.79 Å². The summed E-state index contributed by atoms with van der Waals surface area (Å²) in [5.41, 5.74) is 2.36. The van der Waals surface area contributed by atoms with Crippen LogP contribution in [-0.2, 0) is 4.79 Å². The predicted molar refractivity (Wildman–Crippen MR) is 79.0 cm³/mol. The number of Topliss-reactive ketones (excluding diaryl/α,β-unsaturated/α-hetero) is 1. The van der Waals surface area contributed by atoms with Crippen molar-refractivity contribution in [2.45, 2.75) is 27.2 Å². The summed E-state index contributed by atoms with van der Waals surface area (Å²) in [7, 11) is 0. The fourth-order valence-corrected chi connectivity index (χ4v) is 3.99. The molecule has 0 amide bonds. The fraction of sp³-hybridized carbons (Fsp3) is 0.471. The SMILES string of the molecule is C[C@H]1C(=O)C(=Cc2ccc(Cl)cc2)[C@H]2C[C@H]1C2(C)C. The van der Waals surface area contributed by atoms with Crippen LogP contribution in [0.15, 0.2) is 29.8 Å². The van der Waals surface area contributed by atoms with Crippen LogP contribution < -0.4 is 0 Å². The molecule has 1 aromatic rings. The van der Waals surface area contributed by atoms with Gasteiger partial charge in [0.05, 0.1) is 0 Å². The Hall–Kier alpha value is -1.08. The second kappa shape index (κ2) is 4.21. The van der Waals surface area contributed by atoms with Crippen LogP contribution in [0, 0.1) is 23.2 Å². The standard InChI is InChI=1S/C17H19ClO/c1-10-14-9-15(17(14,2)3)13(16(10)19)8-11-4-6-12(18)7-5-11/h4-8,10,14-15H,9H2,1-3H3/t10-,14-,15-/m1/s1. The maximum Gasteiger partial charge on any atom is 0.162 e. The van der Waals surface area contributed by atoms with Crippen molar-refractivity contribution in [2.75, 3.05) is 0 Å². The molecule has 3 aliphatic carbocycles. The Morgan fingerprint density at radius 1 is 1.26 bits per heavy atom. The van der Waals surface area contributed by atoms with E-state index in [-0.39, 0.29) is 11.3 Å². The smallest absolute Gasteiger partial charge is 0.162 e. The summed E-state index contributed by atoms with van der Waals surface area (Å²) < 4.78 is 0. The van der Waals surface area contributed by atoms with Crippen molar-refractivity contribution in [3.05, 3.63) is 40.4 Å². The topological polar surface area (TPSA) is 17.1 Å². The molecule has 0 N–H and O–H groups in total. The summed E-state index contributed by atoms with van der Waals surface area (Å²) in [6.07, 6.45) is 3.23. The number of halogens is 1. The lowest BCUT2D eigenvalue weighted by atomic mass is 9.44. The van der Waals surface area contributed by atoms with Crippen molar-refractivity contribution < 1.29 is 4.79 Å². The number of rotatable bonds is 1. The number of fused-ring (bicyclic) bond motifs is 2. The second-order valence-corrected chi connectivity index (χ2v) is 6.96. The van der Waals surface area contributed by atoms with Crippen molar-refractivity contribution >= 4 is 23.5 Å². The summed E-state index contributed by atoms with van der Waals surface area (Å²) in [4.78, 5) is 12.4. The number of hydrogen-bond acceptors (Lipinski definition) is 1. The minimum atomic E-state index is 0.165. The Bertz CT molecular complexity index is 553. The number of hydrogen-bond donors (Lipinski definition) is 0. The molecule has 2 bridgehead atoms. The minimum absolute atomic E-state index is 0.165. The van der Waals surface area contributed by atoms with Gasteiger partial charge in [-0.05, 0) is 53.0 Å². The summed E-state index contributed by atoms with van der Waals surface area (Å²) in [5, 5.41) is 0.731. The van der Waals surface area contributed by atoms with E-state index in [1.54, 1.807) is 0 Å². The van der Waals surface area contributed by atoms with Gasteiger partial charge in [-0.3, -0.25) is 4.79 Å². The maximum absolute atomic E-state index is 12.4. The lowest BCUT2D eigenvalue weighted by molar-refractivity contribution is -0.139. The van der Waals surface area contributed by atoms with Gasteiger partial charge < -0.3 is 0 Å². The van der Waals surface area contributed by atoms with Gasteiger partial charge >= 0.3 is 0 Å². The highest BCUT2D eigenvalue weighted by Crippen LogP contribution is 2.62. The Labute approximate surface area is 119 Å². The zero-order valence-electron chi connectivity index (χ0n) is 11.6. The van der Waals surface area contributed by atoms with Crippen LogP contribution in [0.1, 0.15) is 32.8 Å². The first-order valence-electron chi connectivity index (χ1n) is 6.92. The number of carbonyl (C=O) groups excluding carboxylic acids is 1. The highest BCUT2D eigenvalue weighted by atomic mass is 35.5. The van der Waals surface area contributed by atoms with Crippen LogP contribution in [0.3, 0.4) is 0 Å². The molecule has 3 saturated carbocycles. The number of ketones is 1. The van der Waals surface area contributed by atoms with Crippen molar-refractivity contribution in [1.82, 2.24) is 0 Å². The van der Waals surface area contributed by atoms with Crippen LogP contribution in [-0.4, -0.2) is 5.78 Å². The van der Waals surface area contributed by atoms with Gasteiger partial charge in [-0.15, -0.1) is 0 Å². The van der Waals surface area contributed by atoms with E-state index in [2.05, 4.69) is 26.8 Å². The molecule has 1 nitrogen and oxygen atoms in total. The Morgan fingerprint density at radius 2 is 1.89 bits per heavy atom. The molecule has 3 aliphatic rings. The Balaban J connectivity index is 1.99. The molecule has 0 unspecified atom stereocenters. The van der Waals surface area contributed by atoms with Crippen molar-refractivity contribution in [1.29, 1.82) is 0 Å². The molecule has 19 heavy (non-hydrogen) atoms. The molecule has 0 aliphatic heterocycles. The molecule has 0 heterocycles. The molecule has 0 saturated heterocycles. The first kappa shape index (κ1) is 12.9. The van der Waals surface area contributed by atoms with E-state index < -0.39 is 0 Å². The zero-order chi connectivity index (χ0) is 13.8. The van der Waals surface area contributed by atoms with Gasteiger partial charge in [0.15, 0.2) is 5.78 Å². The van der Waals surface area contributed by atoms with E-state index >= 15 is 0 Å². The highest BCUT2D eigenvalue weighted by molar-refractivity contribution is 6.30. The number of allylic oxidation sites excluding steroid dienone is 1. The molecule has 2 heteroatoms. The molecular formula is C17H19ClO. The molecule has 4 rings (SSSR count). The summed E-state index contributed by atoms with van der Waals surface area (Å²) in [6.45, 7) is 6.68. The third-order valence-electron chi connectivity index (χ3n) is 5.21. The van der Waals surface area contributed by atoms with Crippen LogP contribution in [0.5, 0.6) is 0 Å². The first-order chi connectivity index (χ1) is 8.91. The van der Waals surface area contributed by atoms with Crippen molar-refractivity contribution in [3.8, 4) is 0 Å². The summed E-state index contributed by atoms with van der Waals surface area (Å²) >= 11 is 5.90. The quantitative estimate of drug-likeness (QED) is 0.684. The average molecular weight is 275 g/mol. The van der Waals surface area contributed by atoms with Crippen LogP contribution in [0.2, 0.25) is 5.02 Å². The van der Waals surface area contributed by atoms with E-state index in [1.165, 1.54) is 6.42 Å². The zero-order valence-corrected chi connectivity index (χ0v) is 12.4. The van der Waals surface area contributed by atoms with Gasteiger partial charge in [-0.2, -0.15) is 0 Å². The Morgan fingerprint density at radius 3 is 2.47 bits per heavy atom. The summed E-state index contributed by atoms with van der Waals surface area (Å²) in [6, 6.07) is 7.70. The molecule has 3 atom stereocenters. The predicted octanol–water partition coefficient (Wildman–Crippen LogP) is 4.60.